The number of hydrogen-bond donors (Lipinski definition) is 1. The zero-order chi connectivity index (χ0) is 23.2. The van der Waals surface area contributed by atoms with E-state index in [0.717, 1.165) is 29.7 Å². The monoisotopic (exact) mass is 499 g/mol. The summed E-state index contributed by atoms with van der Waals surface area (Å²) in [5.74, 6) is 0.620. The summed E-state index contributed by atoms with van der Waals surface area (Å²) in [5, 5.41) is 4.31. The fourth-order valence-corrected chi connectivity index (χ4v) is 6.39. The summed E-state index contributed by atoms with van der Waals surface area (Å²) >= 11 is 9.05. The van der Waals surface area contributed by atoms with E-state index in [-0.39, 0.29) is 11.9 Å². The van der Waals surface area contributed by atoms with E-state index in [4.69, 9.17) is 16.3 Å². The van der Waals surface area contributed by atoms with E-state index < -0.39 is 0 Å². The van der Waals surface area contributed by atoms with Gasteiger partial charge in [-0.15, -0.1) is 23.1 Å². The molecule has 0 radical (unpaired) electrons. The van der Waals surface area contributed by atoms with Gasteiger partial charge in [-0.2, -0.15) is 0 Å². The van der Waals surface area contributed by atoms with Crippen molar-refractivity contribution in [3.8, 4) is 0 Å². The van der Waals surface area contributed by atoms with Crippen molar-refractivity contribution in [2.24, 2.45) is 0 Å². The second kappa shape index (κ2) is 11.2. The van der Waals surface area contributed by atoms with Gasteiger partial charge in [0.25, 0.3) is 0 Å². The molecular formula is C26H26ClNO3S2. The maximum absolute atomic E-state index is 12.8. The van der Waals surface area contributed by atoms with Crippen molar-refractivity contribution in [1.29, 1.82) is 0 Å². The third-order valence-electron chi connectivity index (χ3n) is 5.68. The van der Waals surface area contributed by atoms with Gasteiger partial charge in [0.15, 0.2) is 0 Å². The average Bonchev–Trinajstić information content (AvgIpc) is 3.18. The largest absolute Gasteiger partial charge is 0.462 e. The Labute approximate surface area is 207 Å². The van der Waals surface area contributed by atoms with E-state index in [1.165, 1.54) is 21.8 Å². The molecule has 1 aliphatic carbocycles. The van der Waals surface area contributed by atoms with Gasteiger partial charge >= 0.3 is 5.97 Å². The molecule has 3 aromatic rings. The molecule has 0 spiro atoms. The van der Waals surface area contributed by atoms with Gasteiger partial charge in [-0.05, 0) is 67.5 Å². The van der Waals surface area contributed by atoms with Crippen LogP contribution in [0.25, 0.3) is 0 Å². The van der Waals surface area contributed by atoms with Crippen LogP contribution in [0.2, 0.25) is 5.02 Å². The molecule has 2 aromatic carbocycles. The van der Waals surface area contributed by atoms with Crippen molar-refractivity contribution < 1.29 is 14.3 Å². The minimum atomic E-state index is -0.348. The first-order valence-corrected chi connectivity index (χ1v) is 13.3. The first-order chi connectivity index (χ1) is 16.0. The average molecular weight is 500 g/mol. The van der Waals surface area contributed by atoms with Crippen LogP contribution in [0.5, 0.6) is 0 Å². The number of thioether (sulfide) groups is 1. The SMILES string of the molecule is CCOC(=O)c1c(NC(=O)CCSc2ccc(Cl)cc2)sc2c1CCC(c1ccccc1)C2. The molecule has 0 fully saturated rings. The zero-order valence-electron chi connectivity index (χ0n) is 18.4. The molecule has 4 nitrogen and oxygen atoms in total. The lowest BCUT2D eigenvalue weighted by molar-refractivity contribution is -0.115. The lowest BCUT2D eigenvalue weighted by Crippen LogP contribution is -2.17. The fraction of sp³-hybridized carbons (Fsp3) is 0.308. The van der Waals surface area contributed by atoms with Crippen LogP contribution in [0.3, 0.4) is 0 Å². The highest BCUT2D eigenvalue weighted by Gasteiger charge is 2.30. The number of benzene rings is 2. The van der Waals surface area contributed by atoms with E-state index in [1.54, 1.807) is 18.7 Å². The molecule has 1 aromatic heterocycles. The Kier molecular flexibility index (Phi) is 8.12. The van der Waals surface area contributed by atoms with Crippen molar-refractivity contribution in [3.05, 3.63) is 81.2 Å². The van der Waals surface area contributed by atoms with E-state index in [1.807, 2.05) is 30.3 Å². The van der Waals surface area contributed by atoms with Crippen molar-refractivity contribution in [2.45, 2.75) is 43.4 Å². The quantitative estimate of drug-likeness (QED) is 0.268. The maximum Gasteiger partial charge on any atom is 0.341 e. The molecule has 1 amide bonds. The number of anilines is 1. The molecule has 1 aliphatic rings. The third-order valence-corrected chi connectivity index (χ3v) is 8.12. The number of fused-ring (bicyclic) bond motifs is 1. The van der Waals surface area contributed by atoms with Crippen LogP contribution in [0.4, 0.5) is 5.00 Å². The van der Waals surface area contributed by atoms with Gasteiger partial charge in [0.05, 0.1) is 12.2 Å². The number of rotatable bonds is 8. The maximum atomic E-state index is 12.8. The lowest BCUT2D eigenvalue weighted by Gasteiger charge is -2.23. The van der Waals surface area contributed by atoms with Crippen molar-refractivity contribution in [2.75, 3.05) is 17.7 Å². The first kappa shape index (κ1) is 23.9. The molecule has 33 heavy (non-hydrogen) atoms. The van der Waals surface area contributed by atoms with Crippen LogP contribution in [0.15, 0.2) is 59.5 Å². The highest BCUT2D eigenvalue weighted by atomic mass is 35.5. The summed E-state index contributed by atoms with van der Waals surface area (Å²) in [6.07, 6.45) is 3.01. The lowest BCUT2D eigenvalue weighted by atomic mass is 9.83. The number of carbonyl (C=O) groups excluding carboxylic acids is 2. The Morgan fingerprint density at radius 3 is 2.64 bits per heavy atom. The molecule has 1 N–H and O–H groups in total. The Morgan fingerprint density at radius 1 is 1.15 bits per heavy atom. The minimum Gasteiger partial charge on any atom is -0.462 e. The summed E-state index contributed by atoms with van der Waals surface area (Å²) in [5.41, 5.74) is 2.90. The Bertz CT molecular complexity index is 1110. The molecule has 4 rings (SSSR count). The number of esters is 1. The second-order valence-corrected chi connectivity index (χ2v) is 10.6. The Hall–Kier alpha value is -2.28. The Balaban J connectivity index is 1.46. The van der Waals surface area contributed by atoms with Gasteiger partial charge in [0.1, 0.15) is 5.00 Å². The zero-order valence-corrected chi connectivity index (χ0v) is 20.8. The van der Waals surface area contributed by atoms with E-state index in [0.29, 0.717) is 40.3 Å². The molecule has 0 saturated heterocycles. The van der Waals surface area contributed by atoms with Crippen LogP contribution in [-0.2, 0) is 22.4 Å². The fourth-order valence-electron chi connectivity index (χ4n) is 4.08. The highest BCUT2D eigenvalue weighted by Crippen LogP contribution is 2.43. The predicted octanol–water partition coefficient (Wildman–Crippen LogP) is 6.97. The van der Waals surface area contributed by atoms with Crippen LogP contribution in [0, 0.1) is 0 Å². The molecule has 1 unspecified atom stereocenters. The van der Waals surface area contributed by atoms with Gasteiger partial charge in [-0.1, -0.05) is 41.9 Å². The Morgan fingerprint density at radius 2 is 1.91 bits per heavy atom. The normalized spacial score (nSPS) is 15.0. The number of nitrogens with one attached hydrogen (secondary N) is 1. The van der Waals surface area contributed by atoms with Gasteiger partial charge in [0.2, 0.25) is 5.91 Å². The van der Waals surface area contributed by atoms with E-state index in [9.17, 15) is 9.59 Å². The van der Waals surface area contributed by atoms with Crippen LogP contribution >= 0.6 is 34.7 Å². The summed E-state index contributed by atoms with van der Waals surface area (Å²) in [4.78, 5) is 27.7. The van der Waals surface area contributed by atoms with Crippen molar-refractivity contribution >= 4 is 51.6 Å². The number of ether oxygens (including phenoxy) is 1. The summed E-state index contributed by atoms with van der Waals surface area (Å²) in [6, 6.07) is 18.1. The second-order valence-electron chi connectivity index (χ2n) is 7.88. The molecule has 1 heterocycles. The molecule has 7 heteroatoms. The number of hydrogen-bond acceptors (Lipinski definition) is 5. The highest BCUT2D eigenvalue weighted by molar-refractivity contribution is 7.99. The van der Waals surface area contributed by atoms with Crippen LogP contribution < -0.4 is 5.32 Å². The number of thiophene rings is 1. The summed E-state index contributed by atoms with van der Waals surface area (Å²) < 4.78 is 5.34. The number of halogens is 1. The van der Waals surface area contributed by atoms with Gasteiger partial charge in [-0.25, -0.2) is 4.79 Å². The summed E-state index contributed by atoms with van der Waals surface area (Å²) in [6.45, 7) is 2.11. The standard InChI is InChI=1S/C26H26ClNO3S2/c1-2-31-26(30)24-21-13-8-18(17-6-4-3-5-7-17)16-22(21)33-25(24)28-23(29)14-15-32-20-11-9-19(27)10-12-20/h3-7,9-12,18H,2,8,13-16H2,1H3,(H,28,29). The minimum absolute atomic E-state index is 0.0970. The molecule has 0 saturated carbocycles. The van der Waals surface area contributed by atoms with Crippen LogP contribution in [-0.4, -0.2) is 24.2 Å². The van der Waals surface area contributed by atoms with Crippen molar-refractivity contribution in [1.82, 2.24) is 0 Å². The smallest absolute Gasteiger partial charge is 0.341 e. The molecule has 172 valence electrons. The third kappa shape index (κ3) is 5.99. The topological polar surface area (TPSA) is 55.4 Å². The number of amides is 1. The summed E-state index contributed by atoms with van der Waals surface area (Å²) in [7, 11) is 0. The molecule has 0 aliphatic heterocycles. The van der Waals surface area contributed by atoms with Gasteiger partial charge in [0, 0.05) is 27.0 Å². The van der Waals surface area contributed by atoms with E-state index in [2.05, 4.69) is 29.6 Å². The molecular weight excluding hydrogens is 474 g/mol. The predicted molar refractivity (Wildman–Crippen MR) is 137 cm³/mol. The molecule has 1 atom stereocenters. The number of carbonyl (C=O) groups is 2. The molecule has 0 bridgehead atoms. The van der Waals surface area contributed by atoms with Gasteiger partial charge in [-0.3, -0.25) is 4.79 Å². The van der Waals surface area contributed by atoms with Crippen molar-refractivity contribution in [3.63, 3.8) is 0 Å². The van der Waals surface area contributed by atoms with Crippen LogP contribution in [0.1, 0.15) is 52.0 Å². The van der Waals surface area contributed by atoms with Gasteiger partial charge < -0.3 is 10.1 Å². The first-order valence-electron chi connectivity index (χ1n) is 11.1. The van der Waals surface area contributed by atoms with E-state index >= 15 is 0 Å².